The van der Waals surface area contributed by atoms with Gasteiger partial charge >= 0.3 is 5.76 Å². The van der Waals surface area contributed by atoms with Crippen LogP contribution in [0.25, 0.3) is 11.1 Å². The summed E-state index contributed by atoms with van der Waals surface area (Å²) in [5.74, 6) is -0.437. The van der Waals surface area contributed by atoms with Crippen LogP contribution >= 0.6 is 0 Å². The predicted molar refractivity (Wildman–Crippen MR) is 79.8 cm³/mol. The summed E-state index contributed by atoms with van der Waals surface area (Å²) in [5.41, 5.74) is 11.0. The second kappa shape index (κ2) is 4.77. The van der Waals surface area contributed by atoms with Crippen molar-refractivity contribution in [2.75, 3.05) is 11.1 Å². The van der Waals surface area contributed by atoms with E-state index in [1.54, 1.807) is 0 Å². The molecule has 0 bridgehead atoms. The minimum absolute atomic E-state index is 0.437. The van der Waals surface area contributed by atoms with Crippen molar-refractivity contribution in [3.05, 3.63) is 58.1 Å². The van der Waals surface area contributed by atoms with E-state index >= 15 is 0 Å². The lowest BCUT2D eigenvalue weighted by Gasteiger charge is -2.10. The Kier molecular flexibility index (Phi) is 2.95. The van der Waals surface area contributed by atoms with Gasteiger partial charge in [0.25, 0.3) is 0 Å². The van der Waals surface area contributed by atoms with Crippen LogP contribution in [0.2, 0.25) is 0 Å². The number of aromatic amines is 1. The maximum Gasteiger partial charge on any atom is 0.417 e. The van der Waals surface area contributed by atoms with E-state index in [2.05, 4.69) is 10.3 Å². The van der Waals surface area contributed by atoms with E-state index in [4.69, 9.17) is 10.2 Å². The second-order valence-electron chi connectivity index (χ2n) is 4.79. The highest BCUT2D eigenvalue weighted by molar-refractivity contribution is 5.73. The van der Waals surface area contributed by atoms with Crippen molar-refractivity contribution in [1.82, 2.24) is 4.98 Å². The quantitative estimate of drug-likeness (QED) is 0.638. The summed E-state index contributed by atoms with van der Waals surface area (Å²) >= 11 is 0. The molecule has 1 aromatic heterocycles. The van der Waals surface area contributed by atoms with E-state index < -0.39 is 5.76 Å². The van der Waals surface area contributed by atoms with Crippen LogP contribution in [0.4, 0.5) is 11.4 Å². The smallest absolute Gasteiger partial charge is 0.408 e. The number of rotatable bonds is 3. The van der Waals surface area contributed by atoms with Crippen LogP contribution < -0.4 is 16.8 Å². The van der Waals surface area contributed by atoms with Crippen LogP contribution in [0.1, 0.15) is 11.1 Å². The normalized spacial score (nSPS) is 10.8. The van der Waals surface area contributed by atoms with E-state index in [0.29, 0.717) is 23.3 Å². The van der Waals surface area contributed by atoms with Crippen LogP contribution in [-0.4, -0.2) is 4.98 Å². The minimum atomic E-state index is -0.437. The predicted octanol–water partition coefficient (Wildman–Crippen LogP) is 2.62. The first-order chi connectivity index (χ1) is 9.61. The molecule has 5 heteroatoms. The zero-order valence-electron chi connectivity index (χ0n) is 11.1. The Morgan fingerprint density at radius 2 is 2.10 bits per heavy atom. The lowest BCUT2D eigenvalue weighted by molar-refractivity contribution is 0.555. The number of nitrogens with two attached hydrogens (primary N) is 1. The molecule has 0 atom stereocenters. The number of fused-ring (bicyclic) bond motifs is 1. The number of H-pyrrole nitrogens is 1. The molecule has 20 heavy (non-hydrogen) atoms. The third-order valence-corrected chi connectivity index (χ3v) is 3.18. The van der Waals surface area contributed by atoms with Crippen LogP contribution in [-0.2, 0) is 6.54 Å². The Morgan fingerprint density at radius 3 is 2.95 bits per heavy atom. The van der Waals surface area contributed by atoms with Gasteiger partial charge in [0.2, 0.25) is 0 Å². The largest absolute Gasteiger partial charge is 0.417 e. The molecular weight excluding hydrogens is 254 g/mol. The van der Waals surface area contributed by atoms with Crippen LogP contribution in [0.3, 0.4) is 0 Å². The molecule has 3 aromatic rings. The number of oxazole rings is 1. The van der Waals surface area contributed by atoms with Gasteiger partial charge in [-0.1, -0.05) is 12.1 Å². The minimum Gasteiger partial charge on any atom is -0.408 e. The molecule has 4 N–H and O–H groups in total. The van der Waals surface area contributed by atoms with E-state index in [9.17, 15) is 4.79 Å². The maximum absolute atomic E-state index is 11.1. The van der Waals surface area contributed by atoms with Crippen molar-refractivity contribution < 1.29 is 4.42 Å². The van der Waals surface area contributed by atoms with Gasteiger partial charge in [-0.05, 0) is 42.3 Å². The second-order valence-corrected chi connectivity index (χ2v) is 4.79. The monoisotopic (exact) mass is 269 g/mol. The number of nitrogen functional groups attached to an aromatic ring is 1. The summed E-state index contributed by atoms with van der Waals surface area (Å²) in [4.78, 5) is 13.7. The van der Waals surface area contributed by atoms with E-state index in [1.165, 1.54) is 0 Å². The summed E-state index contributed by atoms with van der Waals surface area (Å²) in [6.07, 6.45) is 0. The molecular formula is C15H15N3O2. The lowest BCUT2D eigenvalue weighted by Crippen LogP contribution is -2.02. The number of hydrogen-bond acceptors (Lipinski definition) is 4. The summed E-state index contributed by atoms with van der Waals surface area (Å²) < 4.78 is 5.04. The Morgan fingerprint density at radius 1 is 1.25 bits per heavy atom. The Hall–Kier alpha value is -2.69. The average Bonchev–Trinajstić information content (AvgIpc) is 2.79. The van der Waals surface area contributed by atoms with Gasteiger partial charge in [-0.25, -0.2) is 4.79 Å². The van der Waals surface area contributed by atoms with Gasteiger partial charge in [0.15, 0.2) is 5.58 Å². The molecule has 0 aliphatic carbocycles. The first-order valence-corrected chi connectivity index (χ1v) is 6.33. The van der Waals surface area contributed by atoms with E-state index in [-0.39, 0.29) is 0 Å². The van der Waals surface area contributed by atoms with Crippen molar-refractivity contribution in [3.8, 4) is 0 Å². The molecule has 5 nitrogen and oxygen atoms in total. The molecule has 0 fully saturated rings. The Bertz CT molecular complexity index is 817. The van der Waals surface area contributed by atoms with Crippen molar-refractivity contribution in [3.63, 3.8) is 0 Å². The molecule has 2 aromatic carbocycles. The third kappa shape index (κ3) is 2.38. The first kappa shape index (κ1) is 12.3. The van der Waals surface area contributed by atoms with Crippen LogP contribution in [0.15, 0.2) is 45.6 Å². The topological polar surface area (TPSA) is 84.0 Å². The molecule has 0 aliphatic rings. The van der Waals surface area contributed by atoms with Crippen molar-refractivity contribution >= 4 is 22.5 Å². The first-order valence-electron chi connectivity index (χ1n) is 6.33. The summed E-state index contributed by atoms with van der Waals surface area (Å²) in [7, 11) is 0. The van der Waals surface area contributed by atoms with Gasteiger partial charge in [0.1, 0.15) is 0 Å². The molecule has 1 heterocycles. The fraction of sp³-hybridized carbons (Fsp3) is 0.133. The zero-order chi connectivity index (χ0) is 14.1. The van der Waals surface area contributed by atoms with E-state index in [1.807, 2.05) is 43.3 Å². The van der Waals surface area contributed by atoms with Crippen molar-refractivity contribution in [2.24, 2.45) is 0 Å². The fourth-order valence-electron chi connectivity index (χ4n) is 2.12. The fourth-order valence-corrected chi connectivity index (χ4v) is 2.12. The molecule has 0 unspecified atom stereocenters. The number of benzene rings is 2. The number of anilines is 2. The Labute approximate surface area is 115 Å². The zero-order valence-corrected chi connectivity index (χ0v) is 11.1. The van der Waals surface area contributed by atoms with Gasteiger partial charge in [0.05, 0.1) is 16.9 Å². The Balaban J connectivity index is 1.82. The van der Waals surface area contributed by atoms with Gasteiger partial charge in [0, 0.05) is 6.54 Å². The molecule has 0 radical (unpaired) electrons. The average molecular weight is 269 g/mol. The van der Waals surface area contributed by atoms with E-state index in [0.717, 1.165) is 16.8 Å². The lowest BCUT2D eigenvalue weighted by atomic mass is 10.1. The number of aromatic nitrogens is 1. The highest BCUT2D eigenvalue weighted by Gasteiger charge is 2.03. The highest BCUT2D eigenvalue weighted by Crippen LogP contribution is 2.21. The van der Waals surface area contributed by atoms with Gasteiger partial charge < -0.3 is 15.5 Å². The van der Waals surface area contributed by atoms with Gasteiger partial charge in [-0.3, -0.25) is 4.98 Å². The standard InChI is InChI=1S/C15H15N3O2/c1-9-2-4-11(16)13(6-9)17-8-10-3-5-12-14(7-10)20-15(19)18-12/h2-7,17H,8,16H2,1H3,(H,18,19). The molecule has 3 rings (SSSR count). The SMILES string of the molecule is Cc1ccc(N)c(NCc2ccc3[nH]c(=O)oc3c2)c1. The van der Waals surface area contributed by atoms with Gasteiger partial charge in [-0.2, -0.15) is 0 Å². The number of nitrogens with one attached hydrogen (secondary N) is 2. The summed E-state index contributed by atoms with van der Waals surface area (Å²) in [5, 5.41) is 3.29. The molecule has 0 amide bonds. The molecule has 0 spiro atoms. The highest BCUT2D eigenvalue weighted by atomic mass is 16.4. The van der Waals surface area contributed by atoms with Crippen molar-refractivity contribution in [2.45, 2.75) is 13.5 Å². The van der Waals surface area contributed by atoms with Crippen LogP contribution in [0, 0.1) is 6.92 Å². The summed E-state index contributed by atoms with van der Waals surface area (Å²) in [6, 6.07) is 11.5. The molecule has 0 saturated carbocycles. The molecule has 0 saturated heterocycles. The number of hydrogen-bond donors (Lipinski definition) is 3. The molecule has 102 valence electrons. The number of aryl methyl sites for hydroxylation is 1. The summed E-state index contributed by atoms with van der Waals surface area (Å²) in [6.45, 7) is 2.63. The van der Waals surface area contributed by atoms with Gasteiger partial charge in [-0.15, -0.1) is 0 Å². The van der Waals surface area contributed by atoms with Crippen molar-refractivity contribution in [1.29, 1.82) is 0 Å². The molecule has 0 aliphatic heterocycles. The third-order valence-electron chi connectivity index (χ3n) is 3.18. The van der Waals surface area contributed by atoms with Crippen LogP contribution in [0.5, 0.6) is 0 Å². The maximum atomic E-state index is 11.1.